The Morgan fingerprint density at radius 2 is 0.842 bits per heavy atom. The molecular weight excluding hydrogens is 719 g/mol. The van der Waals surface area contributed by atoms with Gasteiger partial charge in [-0.15, -0.1) is 0 Å². The minimum atomic E-state index is -0.532. The Kier molecular flexibility index (Phi) is 41.3. The predicted octanol–water partition coefficient (Wildman–Crippen LogP) is 11.4. The van der Waals surface area contributed by atoms with Crippen molar-refractivity contribution in [1.82, 2.24) is 9.55 Å². The van der Waals surface area contributed by atoms with Crippen LogP contribution in [0.1, 0.15) is 204 Å². The Balaban J connectivity index is 2.09. The molecule has 0 aliphatic rings. The van der Waals surface area contributed by atoms with E-state index in [1.807, 2.05) is 0 Å². The number of hydrogen-bond acceptors (Lipinski definition) is 8. The Morgan fingerprint density at radius 3 is 1.25 bits per heavy atom. The van der Waals surface area contributed by atoms with E-state index in [0.29, 0.717) is 66.0 Å². The number of carbonyl (C=O) groups excluding carboxylic acids is 1. The van der Waals surface area contributed by atoms with Gasteiger partial charge < -0.3 is 38.7 Å². The van der Waals surface area contributed by atoms with Crippen molar-refractivity contribution in [2.24, 2.45) is 5.73 Å². The molecule has 2 N–H and O–H groups in total. The summed E-state index contributed by atoms with van der Waals surface area (Å²) in [5.41, 5.74) is 5.48. The van der Waals surface area contributed by atoms with Gasteiger partial charge in [-0.2, -0.15) is 0 Å². The second-order valence-electron chi connectivity index (χ2n) is 16.0. The van der Waals surface area contributed by atoms with Gasteiger partial charge in [0.1, 0.15) is 11.8 Å². The first-order valence-electron chi connectivity index (χ1n) is 24.0. The molecule has 1 heterocycles. The molecule has 0 aromatic carbocycles. The summed E-state index contributed by atoms with van der Waals surface area (Å²) in [4.78, 5) is 15.1. The van der Waals surface area contributed by atoms with E-state index in [0.717, 1.165) is 26.1 Å². The number of amides is 1. The largest absolute Gasteiger partial charge is 0.379 e. The lowest BCUT2D eigenvalue weighted by Crippen LogP contribution is -2.27. The van der Waals surface area contributed by atoms with Gasteiger partial charge in [0, 0.05) is 26.0 Å². The number of aromatic nitrogens is 2. The third-order valence-electron chi connectivity index (χ3n) is 10.6. The molecule has 1 atom stereocenters. The van der Waals surface area contributed by atoms with Crippen LogP contribution in [0, 0.1) is 0 Å². The molecule has 1 aromatic heterocycles. The molecule has 0 aliphatic carbocycles. The van der Waals surface area contributed by atoms with Crippen molar-refractivity contribution >= 4 is 5.91 Å². The molecule has 1 amide bonds. The van der Waals surface area contributed by atoms with Gasteiger partial charge in [0.2, 0.25) is 0 Å². The standard InChI is InChI=1S/C47H91N3O7/c1-3-5-7-9-11-13-15-17-19-21-23-25-27-29-32-55-42-45(57-33-30-28-26-24-22-20-18-16-14-12-10-8-6-4-2)43-56-40-39-54-38-37-53-36-35-52-34-31-50-41-46(47(48)51)49-44-50/h41,44-45H,3-40,42-43H2,1-2H3,(H2,48,51). The van der Waals surface area contributed by atoms with Gasteiger partial charge >= 0.3 is 0 Å². The van der Waals surface area contributed by atoms with Crippen LogP contribution in [0.2, 0.25) is 0 Å². The highest BCUT2D eigenvalue weighted by atomic mass is 16.6. The van der Waals surface area contributed by atoms with Crippen LogP contribution >= 0.6 is 0 Å². The van der Waals surface area contributed by atoms with Gasteiger partial charge in [-0.3, -0.25) is 4.79 Å². The minimum absolute atomic E-state index is 0.0408. The maximum absolute atomic E-state index is 11.1. The van der Waals surface area contributed by atoms with Crippen molar-refractivity contribution in [3.63, 3.8) is 0 Å². The van der Waals surface area contributed by atoms with Gasteiger partial charge in [0.15, 0.2) is 0 Å². The highest BCUT2D eigenvalue weighted by Gasteiger charge is 2.11. The monoisotopic (exact) mass is 810 g/mol. The van der Waals surface area contributed by atoms with Crippen LogP contribution in [0.5, 0.6) is 0 Å². The predicted molar refractivity (Wildman–Crippen MR) is 235 cm³/mol. The van der Waals surface area contributed by atoms with Crippen LogP contribution in [-0.2, 0) is 35.0 Å². The van der Waals surface area contributed by atoms with Crippen molar-refractivity contribution in [2.75, 3.05) is 72.7 Å². The zero-order valence-electron chi connectivity index (χ0n) is 37.3. The maximum Gasteiger partial charge on any atom is 0.268 e. The molecule has 0 aliphatic heterocycles. The smallest absolute Gasteiger partial charge is 0.268 e. The Bertz CT molecular complexity index is 950. The average Bonchev–Trinajstić information content (AvgIpc) is 3.70. The summed E-state index contributed by atoms with van der Waals surface area (Å²) in [6.07, 6.45) is 41.3. The second kappa shape index (κ2) is 44.0. The van der Waals surface area contributed by atoms with Crippen LogP contribution in [0.25, 0.3) is 0 Å². The number of ether oxygens (including phenoxy) is 6. The second-order valence-corrected chi connectivity index (χ2v) is 16.0. The van der Waals surface area contributed by atoms with Crippen LogP contribution in [0.15, 0.2) is 12.5 Å². The molecule has 0 spiro atoms. The minimum Gasteiger partial charge on any atom is -0.379 e. The fraction of sp³-hybridized carbons (Fsp3) is 0.915. The van der Waals surface area contributed by atoms with Crippen LogP contribution < -0.4 is 5.73 Å². The molecule has 10 heteroatoms. The fourth-order valence-electron chi connectivity index (χ4n) is 6.96. The van der Waals surface area contributed by atoms with E-state index < -0.39 is 5.91 Å². The van der Waals surface area contributed by atoms with Crippen molar-refractivity contribution in [3.8, 4) is 0 Å². The Labute approximate surface area is 350 Å². The number of carbonyl (C=O) groups is 1. The van der Waals surface area contributed by atoms with E-state index in [9.17, 15) is 4.79 Å². The third-order valence-corrected chi connectivity index (χ3v) is 10.6. The van der Waals surface area contributed by atoms with E-state index >= 15 is 0 Å². The molecule has 57 heavy (non-hydrogen) atoms. The van der Waals surface area contributed by atoms with Crippen molar-refractivity contribution in [1.29, 1.82) is 0 Å². The first kappa shape index (κ1) is 53.5. The summed E-state index contributed by atoms with van der Waals surface area (Å²) in [6.45, 7) is 11.4. The number of rotatable bonds is 48. The van der Waals surface area contributed by atoms with E-state index in [2.05, 4.69) is 18.8 Å². The first-order chi connectivity index (χ1) is 28.2. The van der Waals surface area contributed by atoms with E-state index in [1.54, 1.807) is 17.1 Å². The number of nitrogens with two attached hydrogens (primary N) is 1. The quantitative estimate of drug-likeness (QED) is 0.0647. The zero-order chi connectivity index (χ0) is 41.0. The van der Waals surface area contributed by atoms with E-state index in [4.69, 9.17) is 34.2 Å². The molecule has 0 saturated heterocycles. The Morgan fingerprint density at radius 1 is 0.491 bits per heavy atom. The van der Waals surface area contributed by atoms with Gasteiger partial charge in [-0.25, -0.2) is 4.98 Å². The molecule has 10 nitrogen and oxygen atoms in total. The number of nitrogens with zero attached hydrogens (tertiary/aromatic N) is 2. The SMILES string of the molecule is CCCCCCCCCCCCCCCCOCC(COCCOCCOCCOCCn1cnc(C(N)=O)c1)OCCCCCCCCCCCCCCCC. The van der Waals surface area contributed by atoms with Gasteiger partial charge in [0.05, 0.1) is 65.8 Å². The Hall–Kier alpha value is -1.56. The highest BCUT2D eigenvalue weighted by Crippen LogP contribution is 2.15. The molecular formula is C47H91N3O7. The maximum atomic E-state index is 11.1. The van der Waals surface area contributed by atoms with E-state index in [1.165, 1.54) is 167 Å². The number of imidazole rings is 1. The molecule has 336 valence electrons. The summed E-state index contributed by atoms with van der Waals surface area (Å²) in [6, 6.07) is 0. The molecule has 1 unspecified atom stereocenters. The summed E-state index contributed by atoms with van der Waals surface area (Å²) in [5.74, 6) is -0.532. The van der Waals surface area contributed by atoms with Gasteiger partial charge in [0.25, 0.3) is 5.91 Å². The number of hydrogen-bond donors (Lipinski definition) is 1. The lowest BCUT2D eigenvalue weighted by atomic mass is 10.0. The van der Waals surface area contributed by atoms with Gasteiger partial charge in [-0.1, -0.05) is 181 Å². The van der Waals surface area contributed by atoms with Crippen molar-refractivity contribution in [3.05, 3.63) is 18.2 Å². The lowest BCUT2D eigenvalue weighted by Gasteiger charge is -2.18. The molecule has 0 bridgehead atoms. The van der Waals surface area contributed by atoms with Crippen LogP contribution in [-0.4, -0.2) is 94.2 Å². The van der Waals surface area contributed by atoms with E-state index in [-0.39, 0.29) is 11.8 Å². The highest BCUT2D eigenvalue weighted by molar-refractivity contribution is 5.90. The number of primary amides is 1. The van der Waals surface area contributed by atoms with Crippen LogP contribution in [0.3, 0.4) is 0 Å². The molecule has 0 fully saturated rings. The van der Waals surface area contributed by atoms with Gasteiger partial charge in [-0.05, 0) is 12.8 Å². The normalized spacial score (nSPS) is 12.2. The fourth-order valence-corrected chi connectivity index (χ4v) is 6.96. The summed E-state index contributed by atoms with van der Waals surface area (Å²) in [5, 5.41) is 0. The van der Waals surface area contributed by atoms with Crippen LogP contribution in [0.4, 0.5) is 0 Å². The molecule has 0 saturated carbocycles. The average molecular weight is 810 g/mol. The summed E-state index contributed by atoms with van der Waals surface area (Å²) < 4.78 is 37.0. The summed E-state index contributed by atoms with van der Waals surface area (Å²) in [7, 11) is 0. The first-order valence-corrected chi connectivity index (χ1v) is 24.0. The molecule has 1 rings (SSSR count). The topological polar surface area (TPSA) is 116 Å². The lowest BCUT2D eigenvalue weighted by molar-refractivity contribution is -0.0701. The molecule has 0 radical (unpaired) electrons. The molecule has 1 aromatic rings. The van der Waals surface area contributed by atoms with Crippen molar-refractivity contribution < 1.29 is 33.2 Å². The van der Waals surface area contributed by atoms with Crippen molar-refractivity contribution in [2.45, 2.75) is 206 Å². The zero-order valence-corrected chi connectivity index (χ0v) is 37.3. The number of unbranched alkanes of at least 4 members (excludes halogenated alkanes) is 26. The third kappa shape index (κ3) is 38.4. The summed E-state index contributed by atoms with van der Waals surface area (Å²) >= 11 is 0.